The third-order valence-electron chi connectivity index (χ3n) is 6.29. The van der Waals surface area contributed by atoms with Crippen molar-refractivity contribution in [3.05, 3.63) is 98.2 Å². The molecule has 0 aliphatic rings. The van der Waals surface area contributed by atoms with Gasteiger partial charge in [-0.15, -0.1) is 22.7 Å². The number of rotatable bonds is 9. The lowest BCUT2D eigenvalue weighted by Gasteiger charge is -2.09. The number of carbonyl (C=O) groups is 2. The van der Waals surface area contributed by atoms with E-state index >= 15 is 0 Å². The Bertz CT molecular complexity index is 1740. The lowest BCUT2D eigenvalue weighted by molar-refractivity contribution is 0.0529. The van der Waals surface area contributed by atoms with Crippen LogP contribution in [0.3, 0.4) is 0 Å². The van der Waals surface area contributed by atoms with Crippen LogP contribution in [0.15, 0.2) is 71.1 Å². The molecule has 0 bridgehead atoms. The van der Waals surface area contributed by atoms with Crippen LogP contribution in [0.1, 0.15) is 45.0 Å². The minimum absolute atomic E-state index is 0.196. The van der Waals surface area contributed by atoms with E-state index in [0.29, 0.717) is 44.4 Å². The van der Waals surface area contributed by atoms with Gasteiger partial charge in [-0.05, 0) is 49.6 Å². The summed E-state index contributed by atoms with van der Waals surface area (Å²) in [6, 6.07) is 17.0. The number of anilines is 1. The molecule has 3 aromatic heterocycles. The molecule has 5 rings (SSSR count). The van der Waals surface area contributed by atoms with E-state index in [1.54, 1.807) is 18.4 Å². The van der Waals surface area contributed by atoms with Crippen molar-refractivity contribution < 1.29 is 19.1 Å². The third-order valence-corrected chi connectivity index (χ3v) is 8.39. The molecule has 204 valence electrons. The maximum absolute atomic E-state index is 13.5. The van der Waals surface area contributed by atoms with Crippen molar-refractivity contribution in [3.8, 4) is 16.9 Å². The molecule has 5 aromatic rings. The second-order valence-corrected chi connectivity index (χ2v) is 10.8. The molecular weight excluding hydrogens is 546 g/mol. The number of thiophene rings is 2. The van der Waals surface area contributed by atoms with Crippen LogP contribution in [0.2, 0.25) is 0 Å². The monoisotopic (exact) mass is 573 g/mol. The standard InChI is InChI=1S/C30H27N3O5S2/c1-4-37-21-13-11-20(12-14-21)22-16-39-28(24(22)30(36)38-5-2)32-26(34)25-18(3)23-27(40-25)31-17-33(29(23)35)15-19-9-7-6-8-10-19/h6-14,16-17H,4-5,15H2,1-3H3,(H,32,34). The van der Waals surface area contributed by atoms with E-state index in [-0.39, 0.29) is 17.7 Å². The Morgan fingerprint density at radius 2 is 1.77 bits per heavy atom. The molecule has 10 heteroatoms. The number of nitrogens with zero attached hydrogens (tertiary/aromatic N) is 2. The zero-order valence-corrected chi connectivity index (χ0v) is 23.9. The average molecular weight is 574 g/mol. The van der Waals surface area contributed by atoms with Crippen LogP contribution in [0, 0.1) is 6.92 Å². The lowest BCUT2D eigenvalue weighted by Crippen LogP contribution is -2.21. The molecule has 0 aliphatic carbocycles. The van der Waals surface area contributed by atoms with E-state index in [2.05, 4.69) is 10.3 Å². The van der Waals surface area contributed by atoms with Crippen molar-refractivity contribution in [1.82, 2.24) is 9.55 Å². The maximum atomic E-state index is 13.5. The normalized spacial score (nSPS) is 11.0. The zero-order valence-electron chi connectivity index (χ0n) is 22.2. The highest BCUT2D eigenvalue weighted by Gasteiger charge is 2.25. The largest absolute Gasteiger partial charge is 0.494 e. The van der Waals surface area contributed by atoms with Crippen molar-refractivity contribution in [3.63, 3.8) is 0 Å². The number of hydrogen-bond acceptors (Lipinski definition) is 8. The number of hydrogen-bond donors (Lipinski definition) is 1. The van der Waals surface area contributed by atoms with E-state index in [1.807, 2.05) is 66.9 Å². The SMILES string of the molecule is CCOC(=O)c1c(-c2ccc(OCC)cc2)csc1NC(=O)c1sc2ncn(Cc3ccccc3)c(=O)c2c1C. The summed E-state index contributed by atoms with van der Waals surface area (Å²) in [5.74, 6) is -0.217. The Kier molecular flexibility index (Phi) is 8.09. The number of fused-ring (bicyclic) bond motifs is 1. The molecule has 3 heterocycles. The number of benzene rings is 2. The first kappa shape index (κ1) is 27.3. The number of esters is 1. The second kappa shape index (κ2) is 11.8. The Labute approximate surface area is 238 Å². The molecule has 0 radical (unpaired) electrons. The number of aryl methyl sites for hydroxylation is 1. The molecule has 0 spiro atoms. The fourth-order valence-electron chi connectivity index (χ4n) is 4.39. The van der Waals surface area contributed by atoms with E-state index in [0.717, 1.165) is 28.2 Å². The molecule has 1 N–H and O–H groups in total. The van der Waals surface area contributed by atoms with Crippen LogP contribution in [-0.4, -0.2) is 34.6 Å². The molecule has 0 atom stereocenters. The summed E-state index contributed by atoms with van der Waals surface area (Å²) in [6.07, 6.45) is 1.51. The van der Waals surface area contributed by atoms with Crippen LogP contribution >= 0.6 is 22.7 Å². The molecule has 0 saturated carbocycles. The zero-order chi connectivity index (χ0) is 28.2. The first-order valence-electron chi connectivity index (χ1n) is 12.8. The molecule has 40 heavy (non-hydrogen) atoms. The number of ether oxygens (including phenoxy) is 2. The molecule has 0 saturated heterocycles. The van der Waals surface area contributed by atoms with Gasteiger partial charge in [0.25, 0.3) is 11.5 Å². The van der Waals surface area contributed by atoms with Crippen molar-refractivity contribution >= 4 is 49.8 Å². The highest BCUT2D eigenvalue weighted by molar-refractivity contribution is 7.21. The summed E-state index contributed by atoms with van der Waals surface area (Å²) in [6.45, 7) is 6.52. The van der Waals surface area contributed by atoms with Gasteiger partial charge in [-0.1, -0.05) is 42.5 Å². The van der Waals surface area contributed by atoms with E-state index in [1.165, 1.54) is 17.7 Å². The molecule has 8 nitrogen and oxygen atoms in total. The van der Waals surface area contributed by atoms with Gasteiger partial charge in [0.1, 0.15) is 21.1 Å². The van der Waals surface area contributed by atoms with E-state index < -0.39 is 11.9 Å². The van der Waals surface area contributed by atoms with Gasteiger partial charge < -0.3 is 14.8 Å². The predicted octanol–water partition coefficient (Wildman–Crippen LogP) is 6.37. The number of amides is 1. The minimum Gasteiger partial charge on any atom is -0.494 e. The van der Waals surface area contributed by atoms with Crippen molar-refractivity contribution in [2.75, 3.05) is 18.5 Å². The van der Waals surface area contributed by atoms with Gasteiger partial charge in [0, 0.05) is 10.9 Å². The van der Waals surface area contributed by atoms with Gasteiger partial charge >= 0.3 is 5.97 Å². The van der Waals surface area contributed by atoms with Crippen LogP contribution in [-0.2, 0) is 11.3 Å². The number of nitrogens with one attached hydrogen (secondary N) is 1. The van der Waals surface area contributed by atoms with Crippen LogP contribution in [0.4, 0.5) is 5.00 Å². The van der Waals surface area contributed by atoms with E-state index in [9.17, 15) is 14.4 Å². The summed E-state index contributed by atoms with van der Waals surface area (Å²) in [4.78, 5) is 45.1. The average Bonchev–Trinajstić information content (AvgIpc) is 3.53. The summed E-state index contributed by atoms with van der Waals surface area (Å²) >= 11 is 2.39. The minimum atomic E-state index is -0.526. The van der Waals surface area contributed by atoms with Gasteiger partial charge in [-0.3, -0.25) is 14.2 Å². The lowest BCUT2D eigenvalue weighted by atomic mass is 10.0. The summed E-state index contributed by atoms with van der Waals surface area (Å²) in [5.41, 5.74) is 3.06. The van der Waals surface area contributed by atoms with Crippen LogP contribution in [0.5, 0.6) is 5.75 Å². The Morgan fingerprint density at radius 3 is 2.48 bits per heavy atom. The fourth-order valence-corrected chi connectivity index (χ4v) is 6.38. The smallest absolute Gasteiger partial charge is 0.341 e. The van der Waals surface area contributed by atoms with Gasteiger partial charge in [-0.2, -0.15) is 0 Å². The first-order chi connectivity index (χ1) is 19.4. The van der Waals surface area contributed by atoms with Gasteiger partial charge in [0.15, 0.2) is 0 Å². The number of aromatic nitrogens is 2. The topological polar surface area (TPSA) is 99.5 Å². The molecule has 0 unspecified atom stereocenters. The highest BCUT2D eigenvalue weighted by atomic mass is 32.1. The highest BCUT2D eigenvalue weighted by Crippen LogP contribution is 2.38. The third kappa shape index (κ3) is 5.41. The molecule has 0 aliphatic heterocycles. The summed E-state index contributed by atoms with van der Waals surface area (Å²) in [5, 5.41) is 5.50. The summed E-state index contributed by atoms with van der Waals surface area (Å²) in [7, 11) is 0. The molecular formula is C30H27N3O5S2. The quantitative estimate of drug-likeness (QED) is 0.206. The van der Waals surface area contributed by atoms with Crippen LogP contribution < -0.4 is 15.6 Å². The Balaban J connectivity index is 1.47. The Hall–Kier alpha value is -4.28. The van der Waals surface area contributed by atoms with Gasteiger partial charge in [-0.25, -0.2) is 9.78 Å². The van der Waals surface area contributed by atoms with Gasteiger partial charge in [0.2, 0.25) is 0 Å². The van der Waals surface area contributed by atoms with Gasteiger partial charge in [0.05, 0.1) is 36.3 Å². The van der Waals surface area contributed by atoms with Crippen molar-refractivity contribution in [2.24, 2.45) is 0 Å². The number of carbonyl (C=O) groups excluding carboxylic acids is 2. The summed E-state index contributed by atoms with van der Waals surface area (Å²) < 4.78 is 12.4. The van der Waals surface area contributed by atoms with Crippen LogP contribution in [0.25, 0.3) is 21.3 Å². The molecule has 2 aromatic carbocycles. The Morgan fingerprint density at radius 1 is 1.02 bits per heavy atom. The molecule has 0 fully saturated rings. The van der Waals surface area contributed by atoms with E-state index in [4.69, 9.17) is 9.47 Å². The molecule has 1 amide bonds. The fraction of sp³-hybridized carbons (Fsp3) is 0.200. The van der Waals surface area contributed by atoms with Crippen molar-refractivity contribution in [1.29, 1.82) is 0 Å². The maximum Gasteiger partial charge on any atom is 0.341 e. The van der Waals surface area contributed by atoms with Crippen molar-refractivity contribution in [2.45, 2.75) is 27.3 Å². The second-order valence-electron chi connectivity index (χ2n) is 8.89. The predicted molar refractivity (Wildman–Crippen MR) is 159 cm³/mol. The first-order valence-corrected chi connectivity index (χ1v) is 14.5.